The third-order valence-electron chi connectivity index (χ3n) is 3.74. The van der Waals surface area contributed by atoms with E-state index in [0.717, 1.165) is 28.3 Å². The summed E-state index contributed by atoms with van der Waals surface area (Å²) >= 11 is 0. The van der Waals surface area contributed by atoms with Crippen LogP contribution in [0.25, 0.3) is 0 Å². The molecular weight excluding hydrogens is 271 g/mol. The van der Waals surface area contributed by atoms with Gasteiger partial charge in [0.1, 0.15) is 5.82 Å². The minimum absolute atomic E-state index is 0.0288. The highest BCUT2D eigenvalue weighted by molar-refractivity contribution is 6.06. The molecule has 2 aromatic rings. The molecule has 2 aliphatic rings. The molecule has 106 valence electrons. The maximum Gasteiger partial charge on any atom is 0.231 e. The number of rotatable bonds is 2. The van der Waals surface area contributed by atoms with Gasteiger partial charge in [-0.15, -0.1) is 0 Å². The first-order chi connectivity index (χ1) is 10.3. The third kappa shape index (κ3) is 2.11. The monoisotopic (exact) mass is 284 g/mol. The summed E-state index contributed by atoms with van der Waals surface area (Å²) in [4.78, 5) is 0. The van der Waals surface area contributed by atoms with E-state index in [1.807, 2.05) is 24.3 Å². The lowest BCUT2D eigenvalue weighted by Crippen LogP contribution is -2.14. The Morgan fingerprint density at radius 1 is 1.10 bits per heavy atom. The minimum Gasteiger partial charge on any atom is -0.454 e. The van der Waals surface area contributed by atoms with E-state index in [4.69, 9.17) is 9.47 Å². The van der Waals surface area contributed by atoms with Crippen LogP contribution in [0.3, 0.4) is 0 Å². The molecule has 1 atom stereocenters. The molecule has 4 rings (SSSR count). The number of fused-ring (bicyclic) bond motifs is 1. The van der Waals surface area contributed by atoms with Gasteiger partial charge < -0.3 is 14.9 Å². The van der Waals surface area contributed by atoms with Crippen molar-refractivity contribution in [3.63, 3.8) is 0 Å². The van der Waals surface area contributed by atoms with Crippen LogP contribution in [-0.4, -0.2) is 19.0 Å². The molecule has 2 aromatic carbocycles. The van der Waals surface area contributed by atoms with Crippen molar-refractivity contribution in [3.05, 3.63) is 59.4 Å². The molecule has 0 saturated heterocycles. The summed E-state index contributed by atoms with van der Waals surface area (Å²) in [5.41, 5.74) is 5.76. The average molecular weight is 284 g/mol. The fourth-order valence-electron chi connectivity index (χ4n) is 2.72. The average Bonchev–Trinajstić information content (AvgIpc) is 3.15. The van der Waals surface area contributed by atoms with Crippen molar-refractivity contribution in [1.82, 2.24) is 5.43 Å². The van der Waals surface area contributed by atoms with Gasteiger partial charge in [0.15, 0.2) is 11.5 Å². The molecule has 0 aromatic heterocycles. The van der Waals surface area contributed by atoms with Crippen LogP contribution in [0.15, 0.2) is 47.6 Å². The lowest BCUT2D eigenvalue weighted by Gasteiger charge is -2.13. The molecule has 4 nitrogen and oxygen atoms in total. The van der Waals surface area contributed by atoms with E-state index in [1.165, 1.54) is 6.07 Å². The van der Waals surface area contributed by atoms with Crippen molar-refractivity contribution < 1.29 is 13.9 Å². The first-order valence-corrected chi connectivity index (χ1v) is 6.77. The van der Waals surface area contributed by atoms with Gasteiger partial charge in [-0.2, -0.15) is 5.10 Å². The van der Waals surface area contributed by atoms with Crippen molar-refractivity contribution >= 4 is 5.71 Å². The molecule has 21 heavy (non-hydrogen) atoms. The second kappa shape index (κ2) is 4.77. The summed E-state index contributed by atoms with van der Waals surface area (Å²) in [6, 6.07) is 12.4. The van der Waals surface area contributed by atoms with Crippen LogP contribution in [-0.2, 0) is 0 Å². The molecule has 0 saturated carbocycles. The van der Waals surface area contributed by atoms with Crippen molar-refractivity contribution in [2.24, 2.45) is 5.10 Å². The van der Waals surface area contributed by atoms with Gasteiger partial charge in [0.25, 0.3) is 0 Å². The molecular formula is C16H13FN2O2. The highest BCUT2D eigenvalue weighted by Gasteiger charge is 2.26. The van der Waals surface area contributed by atoms with E-state index in [1.54, 1.807) is 12.1 Å². The zero-order valence-corrected chi connectivity index (χ0v) is 11.2. The van der Waals surface area contributed by atoms with Gasteiger partial charge in [0.05, 0.1) is 5.71 Å². The SMILES string of the molecule is Fc1cccc(C2CNN=C2c2ccc3c(c2)OCO3)c1. The quantitative estimate of drug-likeness (QED) is 0.922. The third-order valence-corrected chi connectivity index (χ3v) is 3.74. The van der Waals surface area contributed by atoms with E-state index in [2.05, 4.69) is 10.5 Å². The molecule has 1 unspecified atom stereocenters. The van der Waals surface area contributed by atoms with Gasteiger partial charge in [-0.1, -0.05) is 12.1 Å². The van der Waals surface area contributed by atoms with E-state index in [-0.39, 0.29) is 18.5 Å². The first kappa shape index (κ1) is 12.2. The zero-order chi connectivity index (χ0) is 14.2. The van der Waals surface area contributed by atoms with Crippen molar-refractivity contribution in [3.8, 4) is 11.5 Å². The van der Waals surface area contributed by atoms with Gasteiger partial charge >= 0.3 is 0 Å². The zero-order valence-electron chi connectivity index (χ0n) is 11.2. The Morgan fingerprint density at radius 3 is 2.90 bits per heavy atom. The molecule has 2 aliphatic heterocycles. The standard InChI is InChI=1S/C16H13FN2O2/c17-12-3-1-2-10(6-12)13-8-18-19-16(13)11-4-5-14-15(7-11)21-9-20-14/h1-7,13,18H,8-9H2. The summed E-state index contributed by atoms with van der Waals surface area (Å²) < 4.78 is 24.2. The van der Waals surface area contributed by atoms with Crippen molar-refractivity contribution in [2.75, 3.05) is 13.3 Å². The van der Waals surface area contributed by atoms with Crippen LogP contribution in [0, 0.1) is 5.82 Å². The second-order valence-corrected chi connectivity index (χ2v) is 5.03. The van der Waals surface area contributed by atoms with Gasteiger partial charge in [0.2, 0.25) is 6.79 Å². The van der Waals surface area contributed by atoms with Crippen LogP contribution < -0.4 is 14.9 Å². The highest BCUT2D eigenvalue weighted by Crippen LogP contribution is 2.34. The van der Waals surface area contributed by atoms with Gasteiger partial charge in [-0.3, -0.25) is 0 Å². The Labute approximate surface area is 121 Å². The normalized spacial score (nSPS) is 19.3. The fourth-order valence-corrected chi connectivity index (χ4v) is 2.72. The molecule has 5 heteroatoms. The number of benzene rings is 2. The minimum atomic E-state index is -0.232. The lowest BCUT2D eigenvalue weighted by atomic mass is 9.90. The van der Waals surface area contributed by atoms with Gasteiger partial charge in [-0.25, -0.2) is 4.39 Å². The van der Waals surface area contributed by atoms with E-state index >= 15 is 0 Å². The van der Waals surface area contributed by atoms with Crippen molar-refractivity contribution in [2.45, 2.75) is 5.92 Å². The topological polar surface area (TPSA) is 42.9 Å². The maximum atomic E-state index is 13.4. The number of hydrogen-bond donors (Lipinski definition) is 1. The van der Waals surface area contributed by atoms with Crippen LogP contribution in [0.1, 0.15) is 17.0 Å². The van der Waals surface area contributed by atoms with Gasteiger partial charge in [-0.05, 0) is 35.9 Å². The van der Waals surface area contributed by atoms with Crippen LogP contribution >= 0.6 is 0 Å². The molecule has 0 fully saturated rings. The largest absolute Gasteiger partial charge is 0.454 e. The Hall–Kier alpha value is -2.56. The Bertz CT molecular complexity index is 730. The van der Waals surface area contributed by atoms with Crippen LogP contribution in [0.2, 0.25) is 0 Å². The Balaban J connectivity index is 1.71. The predicted molar refractivity (Wildman–Crippen MR) is 76.2 cm³/mol. The number of ether oxygens (including phenoxy) is 2. The molecule has 2 heterocycles. The summed E-state index contributed by atoms with van der Waals surface area (Å²) in [6.45, 7) is 0.907. The van der Waals surface area contributed by atoms with Crippen LogP contribution in [0.5, 0.6) is 11.5 Å². The number of nitrogens with zero attached hydrogens (tertiary/aromatic N) is 1. The molecule has 0 bridgehead atoms. The number of hydrogen-bond acceptors (Lipinski definition) is 4. The smallest absolute Gasteiger partial charge is 0.231 e. The van der Waals surface area contributed by atoms with Crippen molar-refractivity contribution in [1.29, 1.82) is 0 Å². The van der Waals surface area contributed by atoms with Crippen LogP contribution in [0.4, 0.5) is 4.39 Å². The fraction of sp³-hybridized carbons (Fsp3) is 0.188. The van der Waals surface area contributed by atoms with E-state index in [9.17, 15) is 4.39 Å². The molecule has 0 amide bonds. The maximum absolute atomic E-state index is 13.4. The number of halogens is 1. The van der Waals surface area contributed by atoms with E-state index < -0.39 is 0 Å². The summed E-state index contributed by atoms with van der Waals surface area (Å²) in [6.07, 6.45) is 0. The molecule has 0 radical (unpaired) electrons. The number of nitrogens with one attached hydrogen (secondary N) is 1. The molecule has 1 N–H and O–H groups in total. The Kier molecular flexibility index (Phi) is 2.77. The molecule has 0 spiro atoms. The lowest BCUT2D eigenvalue weighted by molar-refractivity contribution is 0.174. The Morgan fingerprint density at radius 2 is 2.00 bits per heavy atom. The summed E-state index contributed by atoms with van der Waals surface area (Å²) in [7, 11) is 0. The number of hydrazone groups is 1. The predicted octanol–water partition coefficient (Wildman–Crippen LogP) is 2.65. The van der Waals surface area contributed by atoms with E-state index in [0.29, 0.717) is 6.54 Å². The summed E-state index contributed by atoms with van der Waals surface area (Å²) in [5, 5.41) is 4.37. The highest BCUT2D eigenvalue weighted by atomic mass is 19.1. The second-order valence-electron chi connectivity index (χ2n) is 5.03. The summed E-state index contributed by atoms with van der Waals surface area (Å²) in [5.74, 6) is 1.26. The first-order valence-electron chi connectivity index (χ1n) is 6.77. The molecule has 0 aliphatic carbocycles. The van der Waals surface area contributed by atoms with Gasteiger partial charge in [0, 0.05) is 18.0 Å².